The molecule has 0 aliphatic heterocycles. The highest BCUT2D eigenvalue weighted by molar-refractivity contribution is 6.31. The molecule has 4 heteroatoms. The van der Waals surface area contributed by atoms with E-state index in [9.17, 15) is 0 Å². The second-order valence-electron chi connectivity index (χ2n) is 4.56. The second kappa shape index (κ2) is 4.59. The number of rotatable bonds is 2. The Morgan fingerprint density at radius 3 is 2.79 bits per heavy atom. The Morgan fingerprint density at radius 2 is 2.05 bits per heavy atom. The molecule has 0 saturated carbocycles. The van der Waals surface area contributed by atoms with E-state index in [4.69, 9.17) is 17.3 Å². The fraction of sp³-hybridized carbons (Fsp3) is 0.133. The van der Waals surface area contributed by atoms with Crippen molar-refractivity contribution in [1.82, 2.24) is 9.97 Å². The van der Waals surface area contributed by atoms with Gasteiger partial charge in [0.2, 0.25) is 0 Å². The molecule has 0 bridgehead atoms. The Labute approximate surface area is 116 Å². The van der Waals surface area contributed by atoms with Gasteiger partial charge in [0.05, 0.1) is 11.0 Å². The lowest BCUT2D eigenvalue weighted by Crippen LogP contribution is -1.87. The smallest absolute Gasteiger partial charge is 0.138 e. The number of fused-ring (bicyclic) bond motifs is 1. The molecule has 96 valence electrons. The molecular formula is C15H14ClN3. The number of hydrogen-bond acceptors (Lipinski definition) is 2. The average Bonchev–Trinajstić information content (AvgIpc) is 2.80. The van der Waals surface area contributed by atoms with Crippen molar-refractivity contribution in [2.24, 2.45) is 0 Å². The number of halogens is 1. The number of nitrogens with one attached hydrogen (secondary N) is 1. The molecule has 0 spiro atoms. The Hall–Kier alpha value is -2.00. The van der Waals surface area contributed by atoms with Crippen LogP contribution in [0, 0.1) is 0 Å². The number of hydrogen-bond donors (Lipinski definition) is 2. The summed E-state index contributed by atoms with van der Waals surface area (Å²) < 4.78 is 0. The van der Waals surface area contributed by atoms with Crippen molar-refractivity contribution in [3.63, 3.8) is 0 Å². The molecular weight excluding hydrogens is 258 g/mol. The number of aromatic amines is 1. The topological polar surface area (TPSA) is 54.7 Å². The minimum absolute atomic E-state index is 0.615. The standard InChI is InChI=1S/C15H14ClN3/c1-2-9-3-4-13-14(5-9)19-15(18-13)10-6-11(16)8-12(17)7-10/h3-8H,2,17H2,1H3,(H,18,19). The van der Waals surface area contributed by atoms with Crippen LogP contribution < -0.4 is 5.73 Å². The molecule has 3 aromatic rings. The van der Waals surface area contributed by atoms with Crippen molar-refractivity contribution in [3.8, 4) is 11.4 Å². The summed E-state index contributed by atoms with van der Waals surface area (Å²) in [5.74, 6) is 0.789. The zero-order chi connectivity index (χ0) is 13.4. The monoisotopic (exact) mass is 271 g/mol. The van der Waals surface area contributed by atoms with E-state index in [1.54, 1.807) is 6.07 Å². The van der Waals surface area contributed by atoms with Crippen LogP contribution in [0.15, 0.2) is 36.4 Å². The summed E-state index contributed by atoms with van der Waals surface area (Å²) in [6.07, 6.45) is 1.01. The van der Waals surface area contributed by atoms with Gasteiger partial charge in [-0.1, -0.05) is 24.6 Å². The van der Waals surface area contributed by atoms with E-state index < -0.39 is 0 Å². The van der Waals surface area contributed by atoms with E-state index in [1.807, 2.05) is 18.2 Å². The molecule has 1 heterocycles. The highest BCUT2D eigenvalue weighted by Gasteiger charge is 2.07. The molecule has 3 rings (SSSR count). The molecule has 0 aliphatic rings. The number of anilines is 1. The van der Waals surface area contributed by atoms with Gasteiger partial charge in [0.1, 0.15) is 5.82 Å². The van der Waals surface area contributed by atoms with Gasteiger partial charge in [-0.15, -0.1) is 0 Å². The van der Waals surface area contributed by atoms with Crippen LogP contribution in [-0.2, 0) is 6.42 Å². The van der Waals surface area contributed by atoms with Crippen molar-refractivity contribution in [3.05, 3.63) is 47.0 Å². The molecule has 0 amide bonds. The fourth-order valence-electron chi connectivity index (χ4n) is 2.16. The Bertz CT molecular complexity index is 726. The number of aryl methyl sites for hydroxylation is 1. The van der Waals surface area contributed by atoms with Gasteiger partial charge in [-0.05, 0) is 42.3 Å². The highest BCUT2D eigenvalue weighted by atomic mass is 35.5. The maximum Gasteiger partial charge on any atom is 0.138 e. The maximum absolute atomic E-state index is 6.02. The van der Waals surface area contributed by atoms with Gasteiger partial charge in [0, 0.05) is 16.3 Å². The van der Waals surface area contributed by atoms with Gasteiger partial charge < -0.3 is 10.7 Å². The summed E-state index contributed by atoms with van der Waals surface area (Å²) >= 11 is 6.02. The second-order valence-corrected chi connectivity index (χ2v) is 5.00. The normalized spacial score (nSPS) is 11.1. The lowest BCUT2D eigenvalue weighted by Gasteiger charge is -2.00. The van der Waals surface area contributed by atoms with Crippen molar-refractivity contribution >= 4 is 28.3 Å². The summed E-state index contributed by atoms with van der Waals surface area (Å²) in [6.45, 7) is 2.14. The maximum atomic E-state index is 6.02. The Kier molecular flexibility index (Phi) is 2.91. The number of nitrogens with zero attached hydrogens (tertiary/aromatic N) is 1. The predicted molar refractivity (Wildman–Crippen MR) is 80.3 cm³/mol. The van der Waals surface area contributed by atoms with Crippen LogP contribution in [-0.4, -0.2) is 9.97 Å². The molecule has 0 saturated heterocycles. The number of nitrogen functional groups attached to an aromatic ring is 1. The molecule has 0 radical (unpaired) electrons. The third-order valence-corrected chi connectivity index (χ3v) is 3.37. The average molecular weight is 272 g/mol. The number of H-pyrrole nitrogens is 1. The molecule has 3 N–H and O–H groups in total. The largest absolute Gasteiger partial charge is 0.399 e. The molecule has 0 atom stereocenters. The first-order chi connectivity index (χ1) is 9.15. The van der Waals surface area contributed by atoms with Crippen LogP contribution in [0.2, 0.25) is 5.02 Å². The van der Waals surface area contributed by atoms with Gasteiger partial charge in [0.25, 0.3) is 0 Å². The van der Waals surface area contributed by atoms with Gasteiger partial charge in [-0.25, -0.2) is 4.98 Å². The molecule has 0 unspecified atom stereocenters. The van der Waals surface area contributed by atoms with Crippen molar-refractivity contribution in [1.29, 1.82) is 0 Å². The number of nitrogens with two attached hydrogens (primary N) is 1. The van der Waals surface area contributed by atoms with Gasteiger partial charge in [0.15, 0.2) is 0 Å². The van der Waals surface area contributed by atoms with E-state index in [0.29, 0.717) is 10.7 Å². The van der Waals surface area contributed by atoms with E-state index in [2.05, 4.69) is 29.0 Å². The molecule has 3 nitrogen and oxygen atoms in total. The summed E-state index contributed by atoms with van der Waals surface area (Å²) in [5, 5.41) is 0.615. The van der Waals surface area contributed by atoms with Crippen LogP contribution in [0.5, 0.6) is 0 Å². The van der Waals surface area contributed by atoms with Crippen molar-refractivity contribution < 1.29 is 0 Å². The first kappa shape index (κ1) is 12.1. The summed E-state index contributed by atoms with van der Waals surface area (Å²) in [7, 11) is 0. The highest BCUT2D eigenvalue weighted by Crippen LogP contribution is 2.26. The Morgan fingerprint density at radius 1 is 1.21 bits per heavy atom. The summed E-state index contributed by atoms with van der Waals surface area (Å²) in [5.41, 5.74) is 10.6. The first-order valence-electron chi connectivity index (χ1n) is 6.21. The third-order valence-electron chi connectivity index (χ3n) is 3.15. The lowest BCUT2D eigenvalue weighted by molar-refractivity contribution is 1.14. The summed E-state index contributed by atoms with van der Waals surface area (Å²) in [6, 6.07) is 11.7. The van der Waals surface area contributed by atoms with Crippen LogP contribution in [0.25, 0.3) is 22.4 Å². The van der Waals surface area contributed by atoms with Gasteiger partial charge >= 0.3 is 0 Å². The fourth-order valence-corrected chi connectivity index (χ4v) is 2.41. The van der Waals surface area contributed by atoms with Crippen LogP contribution >= 0.6 is 11.6 Å². The SMILES string of the molecule is CCc1ccc2nc(-c3cc(N)cc(Cl)c3)[nH]c2c1. The zero-order valence-electron chi connectivity index (χ0n) is 10.6. The number of benzene rings is 2. The Balaban J connectivity index is 2.14. The third kappa shape index (κ3) is 2.29. The van der Waals surface area contributed by atoms with Crippen molar-refractivity contribution in [2.45, 2.75) is 13.3 Å². The molecule has 19 heavy (non-hydrogen) atoms. The van der Waals surface area contributed by atoms with Crippen LogP contribution in [0.1, 0.15) is 12.5 Å². The summed E-state index contributed by atoms with van der Waals surface area (Å²) in [4.78, 5) is 7.89. The zero-order valence-corrected chi connectivity index (χ0v) is 11.3. The molecule has 1 aromatic heterocycles. The van der Waals surface area contributed by atoms with Crippen LogP contribution in [0.4, 0.5) is 5.69 Å². The van der Waals surface area contributed by atoms with E-state index in [-0.39, 0.29) is 0 Å². The number of aromatic nitrogens is 2. The lowest BCUT2D eigenvalue weighted by atomic mass is 10.1. The minimum Gasteiger partial charge on any atom is -0.399 e. The predicted octanol–water partition coefficient (Wildman–Crippen LogP) is 4.03. The minimum atomic E-state index is 0.615. The number of imidazole rings is 1. The van der Waals surface area contributed by atoms with E-state index >= 15 is 0 Å². The molecule has 2 aromatic carbocycles. The van der Waals surface area contributed by atoms with E-state index in [1.165, 1.54) is 5.56 Å². The van der Waals surface area contributed by atoms with Crippen molar-refractivity contribution in [2.75, 3.05) is 5.73 Å². The van der Waals surface area contributed by atoms with Crippen LogP contribution in [0.3, 0.4) is 0 Å². The quantitative estimate of drug-likeness (QED) is 0.692. The van der Waals surface area contributed by atoms with Gasteiger partial charge in [-0.2, -0.15) is 0 Å². The van der Waals surface area contributed by atoms with Gasteiger partial charge in [-0.3, -0.25) is 0 Å². The molecule has 0 fully saturated rings. The van der Waals surface area contributed by atoms with E-state index in [0.717, 1.165) is 28.8 Å². The first-order valence-corrected chi connectivity index (χ1v) is 6.58. The molecule has 0 aliphatic carbocycles.